The van der Waals surface area contributed by atoms with E-state index < -0.39 is 35.2 Å². The van der Waals surface area contributed by atoms with E-state index in [9.17, 15) is 19.5 Å². The number of aromatic hydroxyl groups is 1. The Hall–Kier alpha value is -2.39. The highest BCUT2D eigenvalue weighted by atomic mass is 79.9. The van der Waals surface area contributed by atoms with E-state index in [0.717, 1.165) is 0 Å². The zero-order chi connectivity index (χ0) is 21.0. The molecule has 0 unspecified atom stereocenters. The van der Waals surface area contributed by atoms with Crippen molar-refractivity contribution >= 4 is 49.8 Å². The average Bonchev–Trinajstić information content (AvgIpc) is 2.58. The summed E-state index contributed by atoms with van der Waals surface area (Å²) in [5.41, 5.74) is 0.179. The summed E-state index contributed by atoms with van der Waals surface area (Å²) < 4.78 is 15.2. The molecule has 1 aromatic rings. The lowest BCUT2D eigenvalue weighted by Crippen LogP contribution is -2.14. The Labute approximate surface area is 172 Å². The van der Waals surface area contributed by atoms with Crippen LogP contribution in [0.25, 0.3) is 0 Å². The Morgan fingerprint density at radius 2 is 0.963 bits per heavy atom. The first-order chi connectivity index (χ1) is 12.4. The second-order valence-electron chi connectivity index (χ2n) is 5.47. The summed E-state index contributed by atoms with van der Waals surface area (Å²) in [6.45, 7) is 14.6. The number of esters is 3. The molecule has 0 radical (unpaired) electrons. The van der Waals surface area contributed by atoms with Crippen LogP contribution in [-0.2, 0) is 14.4 Å². The van der Waals surface area contributed by atoms with Crippen LogP contribution in [0.2, 0.25) is 0 Å². The molecular formula is C18H16Br2O7. The van der Waals surface area contributed by atoms with Crippen LogP contribution in [-0.4, -0.2) is 23.0 Å². The molecule has 0 aliphatic heterocycles. The summed E-state index contributed by atoms with van der Waals surface area (Å²) in [7, 11) is 0. The fourth-order valence-corrected chi connectivity index (χ4v) is 2.79. The second kappa shape index (κ2) is 9.01. The molecule has 0 aromatic heterocycles. The van der Waals surface area contributed by atoms with Gasteiger partial charge in [-0.25, -0.2) is 14.4 Å². The van der Waals surface area contributed by atoms with E-state index >= 15 is 0 Å². The third-order valence-electron chi connectivity index (χ3n) is 2.86. The van der Waals surface area contributed by atoms with Gasteiger partial charge in [0, 0.05) is 16.7 Å². The summed E-state index contributed by atoms with van der Waals surface area (Å²) in [5, 5.41) is 10.4. The average molecular weight is 504 g/mol. The normalized spacial score (nSPS) is 9.96. The van der Waals surface area contributed by atoms with Crippen LogP contribution in [0.1, 0.15) is 20.8 Å². The number of carbonyl (C=O) groups is 3. The lowest BCUT2D eigenvalue weighted by atomic mass is 10.2. The van der Waals surface area contributed by atoms with E-state index in [0.29, 0.717) is 0 Å². The van der Waals surface area contributed by atoms with Crippen molar-refractivity contribution in [2.24, 2.45) is 0 Å². The minimum atomic E-state index is -0.859. The van der Waals surface area contributed by atoms with Gasteiger partial charge in [0.15, 0.2) is 17.2 Å². The van der Waals surface area contributed by atoms with Gasteiger partial charge in [0.25, 0.3) is 0 Å². The van der Waals surface area contributed by atoms with Crippen molar-refractivity contribution in [3.05, 3.63) is 45.4 Å². The first-order valence-electron chi connectivity index (χ1n) is 7.25. The predicted octanol–water partition coefficient (Wildman–Crippen LogP) is 4.36. The van der Waals surface area contributed by atoms with Crippen LogP contribution in [0.4, 0.5) is 0 Å². The Balaban J connectivity index is 3.66. The molecule has 27 heavy (non-hydrogen) atoms. The standard InChI is InChI=1S/C18H16Br2O7/c1-7(2)16(22)25-13-10(19)14(26-17(23)8(3)4)12(21)15(11(13)20)27-18(24)9(5)6/h21H,1,3,5H2,2,4,6H3. The molecule has 0 spiro atoms. The number of hydrogen-bond acceptors (Lipinski definition) is 7. The van der Waals surface area contributed by atoms with Crippen LogP contribution < -0.4 is 14.2 Å². The molecule has 1 N–H and O–H groups in total. The number of ether oxygens (including phenoxy) is 3. The van der Waals surface area contributed by atoms with Crippen molar-refractivity contribution in [1.82, 2.24) is 0 Å². The van der Waals surface area contributed by atoms with Crippen molar-refractivity contribution in [2.45, 2.75) is 20.8 Å². The Kier molecular flexibility index (Phi) is 7.55. The molecule has 144 valence electrons. The SMILES string of the molecule is C=C(C)C(=O)Oc1c(O)c(OC(=O)C(=C)C)c(Br)c(OC(=O)C(=C)C)c1Br. The minimum absolute atomic E-state index is 0.0465. The number of benzene rings is 1. The largest absolute Gasteiger partial charge is 0.502 e. The molecule has 0 heterocycles. The zero-order valence-electron chi connectivity index (χ0n) is 14.8. The third-order valence-corrected chi connectivity index (χ3v) is 4.30. The molecule has 1 aromatic carbocycles. The van der Waals surface area contributed by atoms with Gasteiger partial charge in [-0.3, -0.25) is 0 Å². The van der Waals surface area contributed by atoms with E-state index in [1.54, 1.807) is 0 Å². The lowest BCUT2D eigenvalue weighted by Gasteiger charge is -2.18. The van der Waals surface area contributed by atoms with Gasteiger partial charge in [-0.2, -0.15) is 0 Å². The lowest BCUT2D eigenvalue weighted by molar-refractivity contribution is -0.130. The second-order valence-corrected chi connectivity index (χ2v) is 7.06. The maximum Gasteiger partial charge on any atom is 0.338 e. The highest BCUT2D eigenvalue weighted by molar-refractivity contribution is 9.11. The van der Waals surface area contributed by atoms with Gasteiger partial charge >= 0.3 is 17.9 Å². The van der Waals surface area contributed by atoms with Crippen molar-refractivity contribution in [1.29, 1.82) is 0 Å². The van der Waals surface area contributed by atoms with E-state index in [1.165, 1.54) is 20.8 Å². The highest BCUT2D eigenvalue weighted by Crippen LogP contribution is 2.54. The molecule has 1 rings (SSSR count). The number of rotatable bonds is 6. The summed E-state index contributed by atoms with van der Waals surface area (Å²) >= 11 is 6.21. The number of phenolic OH excluding ortho intramolecular Hbond substituents is 1. The van der Waals surface area contributed by atoms with Gasteiger partial charge < -0.3 is 19.3 Å². The summed E-state index contributed by atoms with van der Waals surface area (Å²) in [6.07, 6.45) is 0. The van der Waals surface area contributed by atoms with Gasteiger partial charge in [0.1, 0.15) is 8.95 Å². The van der Waals surface area contributed by atoms with E-state index in [4.69, 9.17) is 14.2 Å². The van der Waals surface area contributed by atoms with Crippen LogP contribution in [0, 0.1) is 0 Å². The molecule has 0 fully saturated rings. The highest BCUT2D eigenvalue weighted by Gasteiger charge is 2.29. The monoisotopic (exact) mass is 502 g/mol. The smallest absolute Gasteiger partial charge is 0.338 e. The third kappa shape index (κ3) is 5.30. The van der Waals surface area contributed by atoms with Gasteiger partial charge in [-0.15, -0.1) is 0 Å². The minimum Gasteiger partial charge on any atom is -0.502 e. The molecule has 0 aliphatic carbocycles. The van der Waals surface area contributed by atoms with E-state index in [2.05, 4.69) is 51.6 Å². The molecular weight excluding hydrogens is 488 g/mol. The number of hydrogen-bond donors (Lipinski definition) is 1. The van der Waals surface area contributed by atoms with Crippen molar-refractivity contribution in [2.75, 3.05) is 0 Å². The number of halogens is 2. The number of carbonyl (C=O) groups excluding carboxylic acids is 3. The molecule has 0 saturated heterocycles. The summed E-state index contributed by atoms with van der Waals surface area (Å²) in [4.78, 5) is 35.7. The van der Waals surface area contributed by atoms with Gasteiger partial charge in [-0.1, -0.05) is 19.7 Å². The predicted molar refractivity (Wildman–Crippen MR) is 105 cm³/mol. The fourth-order valence-electron chi connectivity index (χ4n) is 1.43. The fraction of sp³-hybridized carbons (Fsp3) is 0.167. The maximum absolute atomic E-state index is 11.9. The van der Waals surface area contributed by atoms with E-state index in [-0.39, 0.29) is 31.4 Å². The Morgan fingerprint density at radius 1 is 0.704 bits per heavy atom. The number of phenols is 1. The van der Waals surface area contributed by atoms with Crippen LogP contribution >= 0.6 is 31.9 Å². The first-order valence-corrected chi connectivity index (χ1v) is 8.84. The molecule has 7 nitrogen and oxygen atoms in total. The molecule has 0 saturated carbocycles. The van der Waals surface area contributed by atoms with Crippen molar-refractivity contribution in [3.8, 4) is 23.0 Å². The molecule has 0 aliphatic rings. The molecule has 0 atom stereocenters. The van der Waals surface area contributed by atoms with E-state index in [1.807, 2.05) is 0 Å². The summed E-state index contributed by atoms with van der Waals surface area (Å²) in [6, 6.07) is 0. The van der Waals surface area contributed by atoms with Crippen LogP contribution in [0.15, 0.2) is 45.4 Å². The quantitative estimate of drug-likeness (QED) is 0.349. The topological polar surface area (TPSA) is 99.1 Å². The molecule has 0 bridgehead atoms. The van der Waals surface area contributed by atoms with Crippen molar-refractivity contribution in [3.63, 3.8) is 0 Å². The summed E-state index contributed by atoms with van der Waals surface area (Å²) in [5.74, 6) is -4.26. The van der Waals surface area contributed by atoms with Gasteiger partial charge in [-0.05, 0) is 52.6 Å². The van der Waals surface area contributed by atoms with Gasteiger partial charge in [0.05, 0.1) is 0 Å². The Bertz CT molecular complexity index is 749. The van der Waals surface area contributed by atoms with Gasteiger partial charge in [0.2, 0.25) is 5.75 Å². The van der Waals surface area contributed by atoms with Crippen molar-refractivity contribution < 1.29 is 33.7 Å². The van der Waals surface area contributed by atoms with Crippen LogP contribution in [0.5, 0.6) is 23.0 Å². The first kappa shape index (κ1) is 22.7. The van der Waals surface area contributed by atoms with Crippen LogP contribution in [0.3, 0.4) is 0 Å². The maximum atomic E-state index is 11.9. The zero-order valence-corrected chi connectivity index (χ0v) is 17.9. The molecule has 0 amide bonds. The molecule has 9 heteroatoms. The Morgan fingerprint density at radius 3 is 1.22 bits per heavy atom.